The lowest BCUT2D eigenvalue weighted by Crippen LogP contribution is -2.43. The van der Waals surface area contributed by atoms with Crippen molar-refractivity contribution in [2.75, 3.05) is 6.61 Å². The molecule has 3 aliphatic carbocycles. The molecular weight excluding hydrogens is 481 g/mol. The second-order valence-electron chi connectivity index (χ2n) is 11.6. The van der Waals surface area contributed by atoms with Crippen LogP contribution in [0.25, 0.3) is 5.57 Å². The van der Waals surface area contributed by atoms with Crippen LogP contribution in [0.4, 0.5) is 9.18 Å². The molecular formula is C32H42FNO4. The molecule has 0 bridgehead atoms. The van der Waals surface area contributed by atoms with Crippen molar-refractivity contribution in [2.24, 2.45) is 35.5 Å². The largest absolute Gasteiger partial charge is 0.462 e. The van der Waals surface area contributed by atoms with Crippen molar-refractivity contribution in [3.8, 4) is 0 Å². The number of fused-ring (bicyclic) bond motifs is 2. The summed E-state index contributed by atoms with van der Waals surface area (Å²) < 4.78 is 24.7. The summed E-state index contributed by atoms with van der Waals surface area (Å²) in [6.45, 7) is 6.41. The molecule has 4 aliphatic rings. The van der Waals surface area contributed by atoms with Crippen molar-refractivity contribution in [3.05, 3.63) is 65.5 Å². The van der Waals surface area contributed by atoms with E-state index in [9.17, 15) is 14.0 Å². The van der Waals surface area contributed by atoms with Crippen LogP contribution in [0.15, 0.2) is 54.1 Å². The average molecular weight is 524 g/mol. The first-order valence-electron chi connectivity index (χ1n) is 14.3. The van der Waals surface area contributed by atoms with Crippen LogP contribution in [0, 0.1) is 41.3 Å². The fourth-order valence-electron chi connectivity index (χ4n) is 7.59. The van der Waals surface area contributed by atoms with Gasteiger partial charge in [0.1, 0.15) is 11.9 Å². The highest BCUT2D eigenvalue weighted by Gasteiger charge is 2.54. The van der Waals surface area contributed by atoms with Crippen molar-refractivity contribution in [2.45, 2.75) is 71.4 Å². The number of alkyl carbamates (subject to hydrolysis) is 1. The molecule has 0 radical (unpaired) electrons. The number of halogens is 1. The molecule has 1 amide bonds. The number of esters is 1. The van der Waals surface area contributed by atoms with E-state index in [0.29, 0.717) is 18.4 Å². The van der Waals surface area contributed by atoms with Crippen LogP contribution in [0.5, 0.6) is 0 Å². The van der Waals surface area contributed by atoms with E-state index in [4.69, 9.17) is 9.47 Å². The highest BCUT2D eigenvalue weighted by Crippen LogP contribution is 2.53. The molecule has 0 aromatic heterocycles. The molecule has 206 valence electrons. The number of benzene rings is 1. The van der Waals surface area contributed by atoms with E-state index in [1.165, 1.54) is 11.6 Å². The Morgan fingerprint density at radius 2 is 2.08 bits per heavy atom. The van der Waals surface area contributed by atoms with Gasteiger partial charge in [0, 0.05) is 13.4 Å². The van der Waals surface area contributed by atoms with E-state index in [1.54, 1.807) is 12.1 Å². The number of allylic oxidation sites excluding steroid dienone is 6. The number of amides is 1. The van der Waals surface area contributed by atoms with Gasteiger partial charge in [0.05, 0.1) is 12.5 Å². The summed E-state index contributed by atoms with van der Waals surface area (Å²) in [5.41, 5.74) is 3.35. The number of cyclic esters (lactones) is 1. The van der Waals surface area contributed by atoms with Crippen molar-refractivity contribution in [1.29, 1.82) is 0 Å². The summed E-state index contributed by atoms with van der Waals surface area (Å²) in [4.78, 5) is 24.9. The Labute approximate surface area is 227 Å². The zero-order chi connectivity index (χ0) is 26.8. The Morgan fingerprint density at radius 1 is 1.24 bits per heavy atom. The summed E-state index contributed by atoms with van der Waals surface area (Å²) in [6.07, 6.45) is 14.1. The molecule has 1 aromatic rings. The van der Waals surface area contributed by atoms with E-state index in [-0.39, 0.29) is 55.1 Å². The molecule has 38 heavy (non-hydrogen) atoms. The molecule has 1 heterocycles. The second-order valence-corrected chi connectivity index (χ2v) is 11.6. The molecule has 8 atom stereocenters. The van der Waals surface area contributed by atoms with Crippen molar-refractivity contribution < 1.29 is 24.9 Å². The summed E-state index contributed by atoms with van der Waals surface area (Å²) >= 11 is 0. The van der Waals surface area contributed by atoms with E-state index < -0.39 is 0 Å². The molecule has 1 N–H and O–H groups in total. The van der Waals surface area contributed by atoms with Crippen LogP contribution in [-0.2, 0) is 14.3 Å². The van der Waals surface area contributed by atoms with Gasteiger partial charge in [-0.15, -0.1) is 0 Å². The summed E-state index contributed by atoms with van der Waals surface area (Å²) in [5.74, 6) is 1.19. The second kappa shape index (κ2) is 11.5. The van der Waals surface area contributed by atoms with Gasteiger partial charge in [-0.25, -0.2) is 9.18 Å². The Morgan fingerprint density at radius 3 is 2.84 bits per heavy atom. The summed E-state index contributed by atoms with van der Waals surface area (Å²) in [5, 5.41) is 3.06. The molecule has 1 unspecified atom stereocenters. The zero-order valence-corrected chi connectivity index (χ0v) is 22.7. The molecule has 1 saturated heterocycles. The maximum atomic E-state index is 13.8. The highest BCUT2D eigenvalue weighted by molar-refractivity contribution is 5.75. The smallest absolute Gasteiger partial charge is 0.407 e. The predicted octanol–water partition coefficient (Wildman–Crippen LogP) is 7.10. The van der Waals surface area contributed by atoms with E-state index >= 15 is 0 Å². The van der Waals surface area contributed by atoms with Crippen LogP contribution in [0.1, 0.15) is 66.3 Å². The maximum Gasteiger partial charge on any atom is 0.407 e. The third-order valence-electron chi connectivity index (χ3n) is 9.23. The van der Waals surface area contributed by atoms with Crippen molar-refractivity contribution in [3.63, 3.8) is 0 Å². The number of hydrogen-bond acceptors (Lipinski definition) is 4. The number of rotatable bonds is 5. The van der Waals surface area contributed by atoms with Gasteiger partial charge in [0.25, 0.3) is 0 Å². The van der Waals surface area contributed by atoms with Crippen LogP contribution in [0.3, 0.4) is 0 Å². The van der Waals surface area contributed by atoms with Crippen molar-refractivity contribution >= 4 is 17.6 Å². The molecule has 0 spiro atoms. The van der Waals surface area contributed by atoms with E-state index in [1.807, 2.05) is 19.9 Å². The number of hydrogen-bond donors (Lipinski definition) is 1. The Hall–Kier alpha value is -2.89. The average Bonchev–Trinajstić information content (AvgIpc) is 3.03. The topological polar surface area (TPSA) is 64.6 Å². The first kappa shape index (κ1) is 26.7. The predicted molar refractivity (Wildman–Crippen MR) is 148 cm³/mol. The normalized spacial score (nSPS) is 34.9. The molecule has 1 aliphatic heterocycles. The number of carbonyl (C=O) groups excluding carboxylic acids is 2. The Kier molecular flexibility index (Phi) is 8.06. The van der Waals surface area contributed by atoms with Gasteiger partial charge in [0.2, 0.25) is 0 Å². The molecule has 5 nitrogen and oxygen atoms in total. The minimum absolute atomic E-state index is 0. The van der Waals surface area contributed by atoms with Gasteiger partial charge < -0.3 is 14.8 Å². The summed E-state index contributed by atoms with van der Waals surface area (Å²) in [7, 11) is 0. The SMILES string of the molecule is CCOC(=O)N[C@@H]1CCC[C@@H]2[C@H](C1)C[C@@H]1C(=O)O[C@H](C)[C@@H]1[C@H]2/C=C/C1=CC=C(c2cccc(F)c2)C(C)C1.[HH]. The van der Waals surface area contributed by atoms with Gasteiger partial charge in [-0.1, -0.05) is 49.8 Å². The fourth-order valence-corrected chi connectivity index (χ4v) is 7.59. The standard InChI is InChI=1S/C32H40FNO4.H2/c1-4-37-32(36)34-25-9-6-10-27-23(17-25)18-29-30(20(3)38-31(29)35)28(27)14-12-21-11-13-26(19(2)15-21)22-7-5-8-24(33)16-22;/h5,7-8,11-14,16,19-20,23,25,27-30H,4,6,9-10,15,17-18H2,1-3H3,(H,34,36);1H/b14-12+;/t19?,20-,23-,25-,27-,28+,29+,30-;/m1./s1. The van der Waals surface area contributed by atoms with Gasteiger partial charge in [0.15, 0.2) is 0 Å². The third kappa shape index (κ3) is 5.60. The number of carbonyl (C=O) groups is 2. The minimum atomic E-state index is -0.348. The Bertz CT molecular complexity index is 1150. The molecule has 6 heteroatoms. The van der Waals surface area contributed by atoms with Crippen molar-refractivity contribution in [1.82, 2.24) is 5.32 Å². The monoisotopic (exact) mass is 523 g/mol. The molecule has 5 rings (SSSR count). The summed E-state index contributed by atoms with van der Waals surface area (Å²) in [6, 6.07) is 6.89. The third-order valence-corrected chi connectivity index (χ3v) is 9.23. The van der Waals surface area contributed by atoms with Crippen LogP contribution in [-0.4, -0.2) is 30.8 Å². The molecule has 3 fully saturated rings. The highest BCUT2D eigenvalue weighted by atomic mass is 19.1. The van der Waals surface area contributed by atoms with Gasteiger partial charge in [-0.05, 0) is 98.5 Å². The van der Waals surface area contributed by atoms with Crippen LogP contribution >= 0.6 is 0 Å². The fraction of sp³-hybridized carbons (Fsp3) is 0.562. The first-order valence-corrected chi connectivity index (χ1v) is 14.3. The van der Waals surface area contributed by atoms with Gasteiger partial charge in [-0.3, -0.25) is 4.79 Å². The van der Waals surface area contributed by atoms with E-state index in [0.717, 1.165) is 49.7 Å². The zero-order valence-electron chi connectivity index (χ0n) is 22.7. The van der Waals surface area contributed by atoms with Gasteiger partial charge in [-0.2, -0.15) is 0 Å². The lowest BCUT2D eigenvalue weighted by atomic mass is 9.59. The lowest BCUT2D eigenvalue weighted by molar-refractivity contribution is -0.144. The minimum Gasteiger partial charge on any atom is -0.462 e. The first-order chi connectivity index (χ1) is 18.3. The lowest BCUT2D eigenvalue weighted by Gasteiger charge is -2.43. The van der Waals surface area contributed by atoms with Crippen LogP contribution in [0.2, 0.25) is 0 Å². The Balaban J connectivity index is 0.00000353. The van der Waals surface area contributed by atoms with E-state index in [2.05, 4.69) is 36.5 Å². The van der Waals surface area contributed by atoms with Gasteiger partial charge >= 0.3 is 12.1 Å². The molecule has 1 aromatic carbocycles. The number of nitrogens with one attached hydrogen (secondary N) is 1. The van der Waals surface area contributed by atoms with Crippen LogP contribution < -0.4 is 5.32 Å². The number of ether oxygens (including phenoxy) is 2. The maximum absolute atomic E-state index is 13.8. The molecule has 2 saturated carbocycles. The quantitative estimate of drug-likeness (QED) is 0.418.